The van der Waals surface area contributed by atoms with Gasteiger partial charge in [0.25, 0.3) is 0 Å². The van der Waals surface area contributed by atoms with Crippen LogP contribution in [0.1, 0.15) is 35.3 Å². The largest absolute Gasteiger partial charge is 2.00 e. The molecule has 0 atom stereocenters. The molecule has 1 aromatic carbocycles. The summed E-state index contributed by atoms with van der Waals surface area (Å²) in [5.41, 5.74) is 9.97. The molecule has 8 bridgehead atoms. The SMILES string of the molecule is CC#Cc1ccc(-c2c3nc(cc4ccc(cc5nc(cc6ccc2[n-]6)C=C5)[n-]4)C=C3)cc1.[Zn+2]. The van der Waals surface area contributed by atoms with Crippen LogP contribution in [0.4, 0.5) is 0 Å². The third-order valence-electron chi connectivity index (χ3n) is 5.53. The van der Waals surface area contributed by atoms with Crippen LogP contribution in [0, 0.1) is 11.8 Å². The van der Waals surface area contributed by atoms with Crippen LogP contribution in [0.3, 0.4) is 0 Å². The van der Waals surface area contributed by atoms with E-state index in [1.165, 1.54) is 0 Å². The van der Waals surface area contributed by atoms with Crippen LogP contribution >= 0.6 is 0 Å². The summed E-state index contributed by atoms with van der Waals surface area (Å²) in [5.74, 6) is 6.05. The first kappa shape index (κ1) is 21.8. The molecule has 4 aromatic rings. The van der Waals surface area contributed by atoms with E-state index < -0.39 is 0 Å². The molecule has 4 nitrogen and oxygen atoms in total. The Morgan fingerprint density at radius 1 is 0.647 bits per heavy atom. The molecule has 3 aromatic heterocycles. The van der Waals surface area contributed by atoms with Crippen molar-refractivity contribution in [2.75, 3.05) is 0 Å². The molecular formula is C29H18N4Zn. The topological polar surface area (TPSA) is 54.0 Å². The van der Waals surface area contributed by atoms with E-state index in [1.54, 1.807) is 0 Å². The molecule has 2 aliphatic heterocycles. The average molecular weight is 488 g/mol. The Kier molecular flexibility index (Phi) is 5.84. The van der Waals surface area contributed by atoms with Crippen LogP contribution in [-0.4, -0.2) is 9.97 Å². The summed E-state index contributed by atoms with van der Waals surface area (Å²) in [4.78, 5) is 19.2. The van der Waals surface area contributed by atoms with Gasteiger partial charge < -0.3 is 9.97 Å². The maximum absolute atomic E-state index is 4.90. The first-order chi connectivity index (χ1) is 16.2. The van der Waals surface area contributed by atoms with Crippen LogP contribution in [0.5, 0.6) is 0 Å². The molecule has 0 amide bonds. The fourth-order valence-corrected chi connectivity index (χ4v) is 4.05. The van der Waals surface area contributed by atoms with Gasteiger partial charge in [-0.05, 0) is 54.5 Å². The second kappa shape index (κ2) is 9.10. The zero-order chi connectivity index (χ0) is 22.2. The molecular weight excluding hydrogens is 470 g/mol. The van der Waals surface area contributed by atoms with Crippen molar-refractivity contribution in [3.8, 4) is 23.0 Å². The van der Waals surface area contributed by atoms with Gasteiger partial charge in [-0.2, -0.15) is 0 Å². The van der Waals surface area contributed by atoms with E-state index in [0.717, 1.165) is 61.5 Å². The Balaban J connectivity index is 0.00000241. The molecule has 0 spiro atoms. The smallest absolute Gasteiger partial charge is 0.658 e. The molecule has 0 saturated heterocycles. The van der Waals surface area contributed by atoms with Crippen molar-refractivity contribution < 1.29 is 19.5 Å². The van der Waals surface area contributed by atoms with E-state index >= 15 is 0 Å². The van der Waals surface area contributed by atoms with Gasteiger partial charge >= 0.3 is 19.5 Å². The van der Waals surface area contributed by atoms with Crippen LogP contribution < -0.4 is 9.97 Å². The predicted octanol–water partition coefficient (Wildman–Crippen LogP) is 5.95. The number of hydrogen-bond donors (Lipinski definition) is 0. The Morgan fingerprint density at radius 2 is 1.24 bits per heavy atom. The van der Waals surface area contributed by atoms with Gasteiger partial charge in [0.2, 0.25) is 0 Å². The molecule has 0 unspecified atom stereocenters. The number of fused-ring (bicyclic) bond motifs is 8. The minimum Gasteiger partial charge on any atom is -0.658 e. The summed E-state index contributed by atoms with van der Waals surface area (Å²) in [6.45, 7) is 1.84. The molecule has 5 heteroatoms. The molecule has 0 saturated carbocycles. The monoisotopic (exact) mass is 486 g/mol. The van der Waals surface area contributed by atoms with Gasteiger partial charge in [-0.25, -0.2) is 9.97 Å². The molecule has 5 heterocycles. The summed E-state index contributed by atoms with van der Waals surface area (Å²) in [5, 5.41) is 0. The normalized spacial score (nSPS) is 11.6. The Bertz CT molecular complexity index is 1670. The van der Waals surface area contributed by atoms with Crippen molar-refractivity contribution in [3.63, 3.8) is 0 Å². The molecule has 156 valence electrons. The second-order valence-electron chi connectivity index (χ2n) is 7.86. The van der Waals surface area contributed by atoms with E-state index in [2.05, 4.69) is 33.9 Å². The third kappa shape index (κ3) is 4.29. The minimum atomic E-state index is 0. The van der Waals surface area contributed by atoms with E-state index in [0.29, 0.717) is 0 Å². The van der Waals surface area contributed by atoms with Gasteiger partial charge in [-0.1, -0.05) is 60.5 Å². The van der Waals surface area contributed by atoms with Gasteiger partial charge in [-0.15, -0.1) is 28.0 Å². The zero-order valence-electron chi connectivity index (χ0n) is 18.7. The maximum atomic E-state index is 4.90. The zero-order valence-corrected chi connectivity index (χ0v) is 21.6. The third-order valence-corrected chi connectivity index (χ3v) is 5.53. The number of rotatable bonds is 1. The molecule has 0 radical (unpaired) electrons. The van der Waals surface area contributed by atoms with Crippen LogP contribution in [0.25, 0.3) is 57.5 Å². The molecule has 2 aliphatic rings. The second-order valence-corrected chi connectivity index (χ2v) is 7.86. The Labute approximate surface area is 210 Å². The van der Waals surface area contributed by atoms with Crippen molar-refractivity contribution in [1.29, 1.82) is 0 Å². The first-order valence-corrected chi connectivity index (χ1v) is 10.7. The Hall–Kier alpha value is -4.00. The molecule has 0 fully saturated rings. The van der Waals surface area contributed by atoms with E-state index in [-0.39, 0.29) is 19.5 Å². The van der Waals surface area contributed by atoms with Gasteiger partial charge in [0.1, 0.15) is 0 Å². The van der Waals surface area contributed by atoms with Gasteiger partial charge in [0, 0.05) is 5.56 Å². The maximum Gasteiger partial charge on any atom is 2.00 e. The summed E-state index contributed by atoms with van der Waals surface area (Å²) >= 11 is 0. The minimum absolute atomic E-state index is 0. The number of hydrogen-bond acceptors (Lipinski definition) is 2. The summed E-state index contributed by atoms with van der Waals surface area (Å²) in [6, 6.07) is 22.2. The van der Waals surface area contributed by atoms with E-state index in [1.807, 2.05) is 85.8 Å². The number of benzene rings is 1. The molecule has 6 rings (SSSR count). The summed E-state index contributed by atoms with van der Waals surface area (Å²) < 4.78 is 0. The van der Waals surface area contributed by atoms with Gasteiger partial charge in [-0.3, -0.25) is 0 Å². The summed E-state index contributed by atoms with van der Waals surface area (Å²) in [6.07, 6.45) is 8.05. The van der Waals surface area contributed by atoms with Crippen molar-refractivity contribution in [1.82, 2.24) is 19.9 Å². The van der Waals surface area contributed by atoms with Crippen LogP contribution in [0.15, 0.2) is 66.7 Å². The van der Waals surface area contributed by atoms with Crippen LogP contribution in [-0.2, 0) is 19.5 Å². The predicted molar refractivity (Wildman–Crippen MR) is 135 cm³/mol. The standard InChI is InChI=1S/C29H18N4.Zn/c1-2-3-19-4-6-20(7-5-19)29-27-14-12-25(32-27)17-23-10-8-21(30-23)16-22-9-11-24(31-22)18-26-13-15-28(29)33-26;/h4-18H,1H3;/q-2;+2. The number of aromatic nitrogens is 4. The molecule has 0 aliphatic carbocycles. The van der Waals surface area contributed by atoms with Crippen molar-refractivity contribution in [2.24, 2.45) is 0 Å². The number of nitrogens with zero attached hydrogens (tertiary/aromatic N) is 4. The van der Waals surface area contributed by atoms with E-state index in [4.69, 9.17) is 9.97 Å². The molecule has 34 heavy (non-hydrogen) atoms. The Morgan fingerprint density at radius 3 is 1.91 bits per heavy atom. The van der Waals surface area contributed by atoms with Crippen molar-refractivity contribution in [3.05, 3.63) is 95.1 Å². The van der Waals surface area contributed by atoms with Gasteiger partial charge in [0.05, 0.1) is 22.8 Å². The summed E-state index contributed by atoms with van der Waals surface area (Å²) in [7, 11) is 0. The fourth-order valence-electron chi connectivity index (χ4n) is 4.05. The van der Waals surface area contributed by atoms with E-state index in [9.17, 15) is 0 Å². The van der Waals surface area contributed by atoms with Crippen LogP contribution in [0.2, 0.25) is 0 Å². The van der Waals surface area contributed by atoms with Crippen molar-refractivity contribution >= 4 is 46.4 Å². The van der Waals surface area contributed by atoms with Gasteiger partial charge in [0.15, 0.2) is 0 Å². The van der Waals surface area contributed by atoms with Crippen molar-refractivity contribution in [2.45, 2.75) is 6.92 Å². The quantitative estimate of drug-likeness (QED) is 0.212. The molecule has 0 N–H and O–H groups in total. The first-order valence-electron chi connectivity index (χ1n) is 10.7. The fraction of sp³-hybridized carbons (Fsp3) is 0.0345. The average Bonchev–Trinajstić information content (AvgIpc) is 3.61.